The highest BCUT2D eigenvalue weighted by molar-refractivity contribution is 7.13. The molecule has 1 saturated heterocycles. The third kappa shape index (κ3) is 4.40. The Balaban J connectivity index is 1.43. The number of nitrogens with zero attached hydrogens (tertiary/aromatic N) is 3. The minimum Gasteiger partial charge on any atom is -0.376 e. The van der Waals surface area contributed by atoms with Crippen molar-refractivity contribution in [1.82, 2.24) is 24.6 Å². The van der Waals surface area contributed by atoms with E-state index in [2.05, 4.69) is 25.3 Å². The molecule has 13 heteroatoms. The highest BCUT2D eigenvalue weighted by Crippen LogP contribution is 2.36. The van der Waals surface area contributed by atoms with Crippen LogP contribution in [0.4, 0.5) is 10.2 Å². The van der Waals surface area contributed by atoms with Crippen molar-refractivity contribution in [2.24, 2.45) is 0 Å². The average Bonchev–Trinajstić information content (AvgIpc) is 3.46. The second-order valence-corrected chi connectivity index (χ2v) is 10.1. The molecule has 0 spiro atoms. The Morgan fingerprint density at radius 1 is 1.24 bits per heavy atom. The van der Waals surface area contributed by atoms with Crippen LogP contribution < -0.4 is 16.0 Å². The summed E-state index contributed by atoms with van der Waals surface area (Å²) in [5.41, 5.74) is 0.737. The number of nitrogens with one attached hydrogen (secondary N) is 3. The van der Waals surface area contributed by atoms with E-state index >= 15 is 0 Å². The van der Waals surface area contributed by atoms with E-state index < -0.39 is 29.6 Å². The number of rotatable bonds is 6. The lowest BCUT2D eigenvalue weighted by Gasteiger charge is -2.28. The Kier molecular flexibility index (Phi) is 6.30. The Hall–Kier alpha value is -3.87. The normalized spacial score (nSPS) is 18.4. The van der Waals surface area contributed by atoms with Crippen LogP contribution in [-0.2, 0) is 16.1 Å². The maximum Gasteiger partial charge on any atom is 0.287 e. The maximum absolute atomic E-state index is 14.2. The summed E-state index contributed by atoms with van der Waals surface area (Å²) in [6.45, 7) is 0.680. The molecule has 6 rings (SSSR count). The van der Waals surface area contributed by atoms with E-state index in [-0.39, 0.29) is 52.8 Å². The van der Waals surface area contributed by atoms with Crippen LogP contribution in [0.5, 0.6) is 0 Å². The molecule has 0 aliphatic carbocycles. The highest BCUT2D eigenvalue weighted by atomic mass is 35.5. The van der Waals surface area contributed by atoms with Gasteiger partial charge in [-0.3, -0.25) is 14.4 Å². The summed E-state index contributed by atoms with van der Waals surface area (Å²) in [4.78, 5) is 43.6. The van der Waals surface area contributed by atoms with Crippen LogP contribution in [0.25, 0.3) is 10.1 Å². The average molecular weight is 555 g/mol. The molecule has 4 aromatic rings. The molecule has 0 saturated carbocycles. The Morgan fingerprint density at radius 3 is 2.84 bits per heavy atom. The van der Waals surface area contributed by atoms with Crippen molar-refractivity contribution in [2.75, 3.05) is 18.5 Å². The van der Waals surface area contributed by atoms with Crippen molar-refractivity contribution < 1.29 is 23.5 Å². The van der Waals surface area contributed by atoms with Crippen molar-refractivity contribution in [3.05, 3.63) is 76.1 Å². The molecule has 0 radical (unpaired) electrons. The molecular weight excluding hydrogens is 535 g/mol. The Labute approximate surface area is 224 Å². The molecule has 2 aliphatic heterocycles. The minimum atomic E-state index is -0.981. The zero-order chi connectivity index (χ0) is 26.4. The summed E-state index contributed by atoms with van der Waals surface area (Å²) < 4.78 is 26.1. The summed E-state index contributed by atoms with van der Waals surface area (Å²) in [5, 5.41) is 9.18. The molecule has 194 valence electrons. The number of aromatic nitrogens is 3. The molecule has 1 fully saturated rings. The number of anilines is 1. The lowest BCUT2D eigenvalue weighted by molar-refractivity contribution is -0.123. The maximum atomic E-state index is 14.2. The second-order valence-electron chi connectivity index (χ2n) is 8.89. The molecule has 3 amide bonds. The Morgan fingerprint density at radius 2 is 2.05 bits per heavy atom. The molecule has 10 nitrogen and oxygen atoms in total. The quantitative estimate of drug-likeness (QED) is 0.336. The summed E-state index contributed by atoms with van der Waals surface area (Å²) >= 11 is 7.57. The molecule has 2 aliphatic rings. The number of carbonyl (C=O) groups is 3. The fourth-order valence-corrected chi connectivity index (χ4v) is 5.51. The van der Waals surface area contributed by atoms with Crippen molar-refractivity contribution in [1.29, 1.82) is 0 Å². The SMILES string of the molecule is O=C1Cn2c(C(=O)NCC3CCO3)nc(NC(=O)c3nsc4ccccc34)c2C(c2cc(F)ccc2Cl)N1. The zero-order valence-electron chi connectivity index (χ0n) is 19.7. The topological polar surface area (TPSA) is 127 Å². The van der Waals surface area contributed by atoms with Gasteiger partial charge in [0.1, 0.15) is 18.1 Å². The molecule has 0 bridgehead atoms. The molecule has 38 heavy (non-hydrogen) atoms. The van der Waals surface area contributed by atoms with Crippen LogP contribution in [0.3, 0.4) is 0 Å². The van der Waals surface area contributed by atoms with Gasteiger partial charge in [0.05, 0.1) is 22.5 Å². The fraction of sp³-hybridized carbons (Fsp3) is 0.240. The van der Waals surface area contributed by atoms with Crippen molar-refractivity contribution >= 4 is 56.8 Å². The fourth-order valence-electron chi connectivity index (χ4n) is 4.51. The number of hydrogen-bond acceptors (Lipinski definition) is 7. The van der Waals surface area contributed by atoms with Crippen LogP contribution in [0, 0.1) is 5.82 Å². The first-order valence-electron chi connectivity index (χ1n) is 11.8. The number of fused-ring (bicyclic) bond motifs is 2. The van der Waals surface area contributed by atoms with Crippen LogP contribution in [0.15, 0.2) is 42.5 Å². The summed E-state index contributed by atoms with van der Waals surface area (Å²) in [7, 11) is 0. The van der Waals surface area contributed by atoms with Crippen LogP contribution in [0.1, 0.15) is 44.8 Å². The standard InChI is InChI=1S/C25H20ClFN6O4S/c26-16-6-5-12(27)9-15(16)19-21-22(31-24(35)20-14-3-1-2-4-17(14)38-32-20)30-23(33(21)11-18(34)29-19)25(36)28-10-13-7-8-37-13/h1-6,9,13,19H,7-8,10-11H2,(H,28,36)(H,29,34)(H,31,35). The lowest BCUT2D eigenvalue weighted by atomic mass is 10.0. The molecule has 3 N–H and O–H groups in total. The van der Waals surface area contributed by atoms with Crippen LogP contribution >= 0.6 is 23.1 Å². The van der Waals surface area contributed by atoms with Gasteiger partial charge in [-0.2, -0.15) is 4.37 Å². The first-order chi connectivity index (χ1) is 18.4. The molecule has 2 aromatic carbocycles. The van der Waals surface area contributed by atoms with Gasteiger partial charge in [0.15, 0.2) is 5.82 Å². The van der Waals surface area contributed by atoms with Gasteiger partial charge in [0, 0.05) is 29.1 Å². The van der Waals surface area contributed by atoms with E-state index in [1.807, 2.05) is 12.1 Å². The predicted octanol–water partition coefficient (Wildman–Crippen LogP) is 3.28. The number of carbonyl (C=O) groups excluding carboxylic acids is 3. The first kappa shape index (κ1) is 24.5. The van der Waals surface area contributed by atoms with Gasteiger partial charge in [0.25, 0.3) is 11.8 Å². The van der Waals surface area contributed by atoms with Crippen molar-refractivity contribution in [3.8, 4) is 0 Å². The highest BCUT2D eigenvalue weighted by Gasteiger charge is 2.36. The number of benzene rings is 2. The number of amides is 3. The van der Waals surface area contributed by atoms with Crippen molar-refractivity contribution in [3.63, 3.8) is 0 Å². The molecule has 2 atom stereocenters. The van der Waals surface area contributed by atoms with E-state index in [0.29, 0.717) is 12.0 Å². The second kappa shape index (κ2) is 9.78. The van der Waals surface area contributed by atoms with Gasteiger partial charge < -0.3 is 25.3 Å². The van der Waals surface area contributed by atoms with E-state index in [0.717, 1.165) is 11.1 Å². The lowest BCUT2D eigenvalue weighted by Crippen LogP contribution is -2.43. The van der Waals surface area contributed by atoms with Gasteiger partial charge in [-0.05, 0) is 42.2 Å². The molecule has 2 aromatic heterocycles. The van der Waals surface area contributed by atoms with E-state index in [9.17, 15) is 18.8 Å². The number of imidazole rings is 1. The van der Waals surface area contributed by atoms with Gasteiger partial charge in [-0.25, -0.2) is 9.37 Å². The first-order valence-corrected chi connectivity index (χ1v) is 12.9. The Bertz CT molecular complexity index is 1600. The largest absolute Gasteiger partial charge is 0.376 e. The van der Waals surface area contributed by atoms with Gasteiger partial charge in [-0.1, -0.05) is 29.8 Å². The minimum absolute atomic E-state index is 0.0300. The monoisotopic (exact) mass is 554 g/mol. The number of ether oxygens (including phenoxy) is 1. The molecule has 4 heterocycles. The van der Waals surface area contributed by atoms with E-state index in [1.54, 1.807) is 12.1 Å². The number of halogens is 2. The molecule has 2 unspecified atom stereocenters. The van der Waals surface area contributed by atoms with E-state index in [4.69, 9.17) is 16.3 Å². The van der Waals surface area contributed by atoms with Gasteiger partial charge in [-0.15, -0.1) is 0 Å². The van der Waals surface area contributed by atoms with Crippen LogP contribution in [0.2, 0.25) is 5.02 Å². The predicted molar refractivity (Wildman–Crippen MR) is 138 cm³/mol. The molecular formula is C25H20ClFN6O4S. The van der Waals surface area contributed by atoms with E-state index in [1.165, 1.54) is 34.3 Å². The third-order valence-corrected chi connectivity index (χ3v) is 7.64. The summed E-state index contributed by atoms with van der Waals surface area (Å²) in [6.07, 6.45) is 0.736. The van der Waals surface area contributed by atoms with Crippen molar-refractivity contribution in [2.45, 2.75) is 25.1 Å². The zero-order valence-corrected chi connectivity index (χ0v) is 21.2. The number of hydrogen-bond donors (Lipinski definition) is 3. The third-order valence-electron chi connectivity index (χ3n) is 6.47. The summed E-state index contributed by atoms with van der Waals surface area (Å²) in [5.74, 6) is -2.12. The smallest absolute Gasteiger partial charge is 0.287 e. The van der Waals surface area contributed by atoms with Gasteiger partial charge >= 0.3 is 0 Å². The van der Waals surface area contributed by atoms with Gasteiger partial charge in [0.2, 0.25) is 11.7 Å². The van der Waals surface area contributed by atoms with Crippen LogP contribution in [-0.4, -0.2) is 50.9 Å². The summed E-state index contributed by atoms with van der Waals surface area (Å²) in [6, 6.07) is 10.1.